The third kappa shape index (κ3) is 3.83. The third-order valence-electron chi connectivity index (χ3n) is 5.79. The number of hydrogen-bond donors (Lipinski definition) is 5. The lowest BCUT2D eigenvalue weighted by molar-refractivity contribution is -0.214. The molecule has 0 heterocycles. The van der Waals surface area contributed by atoms with Gasteiger partial charge in [-0.2, -0.15) is 0 Å². The molecule has 0 unspecified atom stereocenters. The summed E-state index contributed by atoms with van der Waals surface area (Å²) >= 11 is 0. The Morgan fingerprint density at radius 3 is 2.18 bits per heavy atom. The molecule has 0 bridgehead atoms. The van der Waals surface area contributed by atoms with Crippen LogP contribution in [0.1, 0.15) is 35.6 Å². The first-order valence-electron chi connectivity index (χ1n) is 9.54. The molecule has 28 heavy (non-hydrogen) atoms. The molecule has 5 atom stereocenters. The number of hydrogen-bond acceptors (Lipinski definition) is 5. The molecule has 1 saturated carbocycles. The van der Waals surface area contributed by atoms with Gasteiger partial charge < -0.3 is 25.5 Å². The van der Waals surface area contributed by atoms with Crippen LogP contribution in [0.4, 0.5) is 4.39 Å². The van der Waals surface area contributed by atoms with Crippen molar-refractivity contribution < 1.29 is 29.9 Å². The van der Waals surface area contributed by atoms with Crippen molar-refractivity contribution in [2.24, 2.45) is 5.92 Å². The average Bonchev–Trinajstić information content (AvgIpc) is 2.71. The Kier molecular flexibility index (Phi) is 6.17. The van der Waals surface area contributed by atoms with Crippen LogP contribution in [0, 0.1) is 11.7 Å². The summed E-state index contributed by atoms with van der Waals surface area (Å²) in [4.78, 5) is 0. The van der Waals surface area contributed by atoms with Crippen molar-refractivity contribution in [3.8, 4) is 0 Å². The van der Waals surface area contributed by atoms with E-state index in [1.807, 2.05) is 24.3 Å². The van der Waals surface area contributed by atoms with Gasteiger partial charge in [-0.3, -0.25) is 0 Å². The van der Waals surface area contributed by atoms with Gasteiger partial charge in [-0.25, -0.2) is 4.39 Å². The zero-order valence-corrected chi connectivity index (χ0v) is 15.8. The Balaban J connectivity index is 1.93. The van der Waals surface area contributed by atoms with Crippen molar-refractivity contribution in [1.29, 1.82) is 0 Å². The second-order valence-electron chi connectivity index (χ2n) is 7.66. The first-order chi connectivity index (χ1) is 13.3. The van der Waals surface area contributed by atoms with Crippen molar-refractivity contribution in [1.82, 2.24) is 0 Å². The number of rotatable bonds is 5. The first kappa shape index (κ1) is 20.9. The molecule has 152 valence electrons. The van der Waals surface area contributed by atoms with Gasteiger partial charge in [0, 0.05) is 18.1 Å². The predicted molar refractivity (Wildman–Crippen MR) is 102 cm³/mol. The molecule has 2 aromatic rings. The second-order valence-corrected chi connectivity index (χ2v) is 7.66. The summed E-state index contributed by atoms with van der Waals surface area (Å²) in [6, 6.07) is 12.4. The molecule has 5 N–H and O–H groups in total. The van der Waals surface area contributed by atoms with E-state index in [9.17, 15) is 29.9 Å². The molecule has 0 aliphatic heterocycles. The molecule has 1 aliphatic carbocycles. The molecular weight excluding hydrogens is 363 g/mol. The zero-order chi connectivity index (χ0) is 20.5. The maximum absolute atomic E-state index is 14.6. The van der Waals surface area contributed by atoms with Gasteiger partial charge in [-0.05, 0) is 48.1 Å². The van der Waals surface area contributed by atoms with Gasteiger partial charge >= 0.3 is 0 Å². The number of aliphatic hydroxyl groups excluding tert-OH is 4. The minimum atomic E-state index is -2.11. The van der Waals surface area contributed by atoms with Crippen molar-refractivity contribution in [3.05, 3.63) is 70.5 Å². The minimum absolute atomic E-state index is 0.146. The van der Waals surface area contributed by atoms with E-state index in [0.717, 1.165) is 17.5 Å². The maximum atomic E-state index is 14.6. The molecule has 3 rings (SSSR count). The van der Waals surface area contributed by atoms with Gasteiger partial charge in [0.15, 0.2) is 0 Å². The summed E-state index contributed by atoms with van der Waals surface area (Å²) in [7, 11) is 0. The minimum Gasteiger partial charge on any atom is -0.396 e. The summed E-state index contributed by atoms with van der Waals surface area (Å²) in [5.74, 6) is -1.60. The Hall–Kier alpha value is -1.83. The number of benzene rings is 2. The number of aliphatic hydroxyl groups is 5. The van der Waals surface area contributed by atoms with Gasteiger partial charge in [0.2, 0.25) is 0 Å². The molecule has 1 aliphatic rings. The third-order valence-corrected chi connectivity index (χ3v) is 5.79. The van der Waals surface area contributed by atoms with Crippen molar-refractivity contribution in [3.63, 3.8) is 0 Å². The summed E-state index contributed by atoms with van der Waals surface area (Å²) in [5, 5.41) is 51.0. The predicted octanol–water partition coefficient (Wildman–Crippen LogP) is 1.26. The smallest absolute Gasteiger partial charge is 0.129 e. The van der Waals surface area contributed by atoms with Crippen LogP contribution in [-0.4, -0.2) is 50.5 Å². The van der Waals surface area contributed by atoms with Crippen molar-refractivity contribution in [2.75, 3.05) is 6.61 Å². The van der Waals surface area contributed by atoms with E-state index in [2.05, 4.69) is 6.92 Å². The van der Waals surface area contributed by atoms with Gasteiger partial charge in [0.05, 0.1) is 6.10 Å². The van der Waals surface area contributed by atoms with Crippen LogP contribution in [0.15, 0.2) is 42.5 Å². The van der Waals surface area contributed by atoms with Gasteiger partial charge in [-0.1, -0.05) is 37.3 Å². The van der Waals surface area contributed by atoms with E-state index in [1.54, 1.807) is 6.07 Å². The fraction of sp³-hybridized carbons (Fsp3) is 0.455. The monoisotopic (exact) mass is 390 g/mol. The Morgan fingerprint density at radius 1 is 0.964 bits per heavy atom. The highest BCUT2D eigenvalue weighted by Crippen LogP contribution is 2.41. The van der Waals surface area contributed by atoms with E-state index in [-0.39, 0.29) is 12.0 Å². The van der Waals surface area contributed by atoms with Gasteiger partial charge in [-0.15, -0.1) is 0 Å². The van der Waals surface area contributed by atoms with Crippen LogP contribution in [0.3, 0.4) is 0 Å². The Bertz CT molecular complexity index is 807. The van der Waals surface area contributed by atoms with Crippen LogP contribution in [-0.2, 0) is 18.4 Å². The highest BCUT2D eigenvalue weighted by atomic mass is 19.1. The molecule has 0 amide bonds. The Labute approximate surface area is 163 Å². The van der Waals surface area contributed by atoms with Crippen LogP contribution >= 0.6 is 0 Å². The molecule has 0 aromatic heterocycles. The molecule has 6 heteroatoms. The lowest BCUT2D eigenvalue weighted by atomic mass is 9.69. The number of halogens is 1. The average molecular weight is 390 g/mol. The van der Waals surface area contributed by atoms with Crippen LogP contribution in [0.25, 0.3) is 0 Å². The van der Waals surface area contributed by atoms with Crippen LogP contribution < -0.4 is 0 Å². The number of aryl methyl sites for hydroxylation is 1. The molecule has 5 nitrogen and oxygen atoms in total. The summed E-state index contributed by atoms with van der Waals surface area (Å²) in [6.07, 6.45) is -3.69. The van der Waals surface area contributed by atoms with Gasteiger partial charge in [0.25, 0.3) is 0 Å². The van der Waals surface area contributed by atoms with E-state index in [4.69, 9.17) is 0 Å². The van der Waals surface area contributed by atoms with Crippen LogP contribution in [0.2, 0.25) is 0 Å². The second kappa shape index (κ2) is 8.27. The Morgan fingerprint density at radius 2 is 1.57 bits per heavy atom. The highest BCUT2D eigenvalue weighted by Gasteiger charge is 2.53. The lowest BCUT2D eigenvalue weighted by Gasteiger charge is -2.46. The zero-order valence-electron chi connectivity index (χ0n) is 15.8. The summed E-state index contributed by atoms with van der Waals surface area (Å²) in [6.45, 7) is 1.57. The fourth-order valence-electron chi connectivity index (χ4n) is 3.97. The van der Waals surface area contributed by atoms with Gasteiger partial charge in [0.1, 0.15) is 23.6 Å². The largest absolute Gasteiger partial charge is 0.396 e. The molecule has 0 radical (unpaired) electrons. The van der Waals surface area contributed by atoms with Crippen molar-refractivity contribution in [2.45, 2.75) is 50.1 Å². The van der Waals surface area contributed by atoms with Crippen LogP contribution in [0.5, 0.6) is 0 Å². The molecule has 2 aromatic carbocycles. The quantitative estimate of drug-likeness (QED) is 0.529. The topological polar surface area (TPSA) is 101 Å². The fourth-order valence-corrected chi connectivity index (χ4v) is 3.97. The SMILES string of the molecule is CCc1ccc(Cc2ccc(F)c([C@@]3(O)C[C@H](CO)[C@@H](O)[C@H](O)[C@H]3O)c2)cc1. The van der Waals surface area contributed by atoms with Crippen molar-refractivity contribution >= 4 is 0 Å². The maximum Gasteiger partial charge on any atom is 0.129 e. The van der Waals surface area contributed by atoms with E-state index in [1.165, 1.54) is 17.7 Å². The van der Waals surface area contributed by atoms with E-state index >= 15 is 0 Å². The highest BCUT2D eigenvalue weighted by molar-refractivity contribution is 5.36. The summed E-state index contributed by atoms with van der Waals surface area (Å²) < 4.78 is 14.6. The van der Waals surface area contributed by atoms with E-state index < -0.39 is 42.3 Å². The molecule has 1 fully saturated rings. The normalized spacial score (nSPS) is 30.4. The van der Waals surface area contributed by atoms with E-state index in [0.29, 0.717) is 6.42 Å². The first-order valence-corrected chi connectivity index (χ1v) is 9.54. The standard InChI is InChI=1S/C22H27FO5/c1-2-13-3-5-14(6-4-13)9-15-7-8-18(23)17(10-15)22(28)11-16(12-24)19(25)20(26)21(22)27/h3-8,10,16,19-21,24-28H,2,9,11-12H2,1H3/t16-,19-,20+,21-,22+/m1/s1. The molecule has 0 saturated heterocycles. The molecule has 0 spiro atoms. The summed E-state index contributed by atoms with van der Waals surface area (Å²) in [5.41, 5.74) is 0.716. The lowest BCUT2D eigenvalue weighted by Crippen LogP contribution is -2.60. The molecular formula is C22H27FO5.